The van der Waals surface area contributed by atoms with Crippen LogP contribution in [-0.4, -0.2) is 32.8 Å². The number of fused-ring (bicyclic) bond motifs is 2. The molecule has 6 nitrogen and oxygen atoms in total. The predicted molar refractivity (Wildman–Crippen MR) is 110 cm³/mol. The fraction of sp³-hybridized carbons (Fsp3) is 0.286. The first-order chi connectivity index (χ1) is 13.3. The van der Waals surface area contributed by atoms with Gasteiger partial charge in [-0.2, -0.15) is 5.10 Å². The molecule has 1 fully saturated rings. The number of hydrogen-bond acceptors (Lipinski definition) is 5. The maximum absolute atomic E-state index is 4.71. The van der Waals surface area contributed by atoms with E-state index in [1.165, 1.54) is 30.0 Å². The molecule has 1 atom stereocenters. The van der Waals surface area contributed by atoms with Crippen molar-refractivity contribution in [1.29, 1.82) is 0 Å². The molecule has 0 radical (unpaired) electrons. The highest BCUT2D eigenvalue weighted by Crippen LogP contribution is 2.32. The molecule has 0 amide bonds. The zero-order valence-corrected chi connectivity index (χ0v) is 15.3. The number of aromatic amines is 1. The number of benzene rings is 1. The van der Waals surface area contributed by atoms with Gasteiger partial charge in [0, 0.05) is 36.1 Å². The Balaban J connectivity index is 1.51. The average Bonchev–Trinajstić information content (AvgIpc) is 3.11. The van der Waals surface area contributed by atoms with Crippen molar-refractivity contribution >= 4 is 39.1 Å². The van der Waals surface area contributed by atoms with Gasteiger partial charge in [-0.25, -0.2) is 4.98 Å². The molecule has 1 unspecified atom stereocenters. The Labute approximate surface area is 157 Å². The third-order valence-corrected chi connectivity index (χ3v) is 5.40. The van der Waals surface area contributed by atoms with Crippen LogP contribution in [0.5, 0.6) is 0 Å². The lowest BCUT2D eigenvalue weighted by Crippen LogP contribution is -2.38. The van der Waals surface area contributed by atoms with Crippen LogP contribution in [0.2, 0.25) is 0 Å². The molecule has 5 rings (SSSR count). The monoisotopic (exact) mass is 358 g/mol. The summed E-state index contributed by atoms with van der Waals surface area (Å²) < 4.78 is 0. The van der Waals surface area contributed by atoms with Crippen LogP contribution in [-0.2, 0) is 0 Å². The molecule has 0 aliphatic carbocycles. The SMILES string of the molecule is CC1CCCCN1c1nccc2cc(Nc3n[nH]c4cccnc34)ccc12. The fourth-order valence-corrected chi connectivity index (χ4v) is 3.96. The molecule has 4 heterocycles. The Hall–Kier alpha value is -3.15. The molecule has 6 heteroatoms. The highest BCUT2D eigenvalue weighted by Gasteiger charge is 2.21. The lowest BCUT2D eigenvalue weighted by atomic mass is 10.0. The van der Waals surface area contributed by atoms with Gasteiger partial charge < -0.3 is 10.2 Å². The van der Waals surface area contributed by atoms with Gasteiger partial charge in [-0.1, -0.05) is 0 Å². The number of pyridine rings is 2. The van der Waals surface area contributed by atoms with Crippen molar-refractivity contribution in [2.45, 2.75) is 32.2 Å². The van der Waals surface area contributed by atoms with E-state index in [4.69, 9.17) is 4.98 Å². The van der Waals surface area contributed by atoms with Crippen molar-refractivity contribution in [2.75, 3.05) is 16.8 Å². The minimum atomic E-state index is 0.538. The van der Waals surface area contributed by atoms with Crippen LogP contribution < -0.4 is 10.2 Å². The van der Waals surface area contributed by atoms with Crippen molar-refractivity contribution in [2.24, 2.45) is 0 Å². The van der Waals surface area contributed by atoms with Gasteiger partial charge in [0.1, 0.15) is 11.3 Å². The van der Waals surface area contributed by atoms with Crippen LogP contribution in [0.15, 0.2) is 48.8 Å². The molecule has 3 aromatic heterocycles. The second-order valence-electron chi connectivity index (χ2n) is 7.21. The summed E-state index contributed by atoms with van der Waals surface area (Å²) >= 11 is 0. The standard InChI is InChI=1S/C21H22N6/c1-14-5-2-3-12-27(14)21-17-8-7-16(13-15(17)9-11-23-21)24-20-19-18(25-26-20)6-4-10-22-19/h4,6-11,13-14H,2-3,5,12H2,1H3,(H2,24,25,26). The van der Waals surface area contributed by atoms with Gasteiger partial charge in [-0.05, 0) is 68.0 Å². The molecule has 2 N–H and O–H groups in total. The molecule has 1 aromatic carbocycles. The number of nitrogens with one attached hydrogen (secondary N) is 2. The lowest BCUT2D eigenvalue weighted by molar-refractivity contribution is 0.482. The molecule has 1 aliphatic heterocycles. The fourth-order valence-electron chi connectivity index (χ4n) is 3.96. The van der Waals surface area contributed by atoms with Gasteiger partial charge in [0.05, 0.1) is 5.52 Å². The third kappa shape index (κ3) is 2.87. The summed E-state index contributed by atoms with van der Waals surface area (Å²) in [6, 6.07) is 12.9. The van der Waals surface area contributed by atoms with Crippen LogP contribution in [0.3, 0.4) is 0 Å². The number of hydrogen-bond donors (Lipinski definition) is 2. The van der Waals surface area contributed by atoms with Crippen molar-refractivity contribution < 1.29 is 0 Å². The van der Waals surface area contributed by atoms with E-state index in [0.29, 0.717) is 6.04 Å². The van der Waals surface area contributed by atoms with Crippen LogP contribution in [0.1, 0.15) is 26.2 Å². The summed E-state index contributed by atoms with van der Waals surface area (Å²) in [7, 11) is 0. The number of aromatic nitrogens is 4. The van der Waals surface area contributed by atoms with Gasteiger partial charge in [-0.15, -0.1) is 0 Å². The highest BCUT2D eigenvalue weighted by atomic mass is 15.2. The van der Waals surface area contributed by atoms with Gasteiger partial charge in [0.15, 0.2) is 5.82 Å². The van der Waals surface area contributed by atoms with E-state index in [0.717, 1.165) is 34.9 Å². The molecular formula is C21H22N6. The van der Waals surface area contributed by atoms with Gasteiger partial charge in [0.25, 0.3) is 0 Å². The van der Waals surface area contributed by atoms with Crippen molar-refractivity contribution in [3.05, 3.63) is 48.8 Å². The average molecular weight is 358 g/mol. The quantitative estimate of drug-likeness (QED) is 0.559. The summed E-state index contributed by atoms with van der Waals surface area (Å²) in [5.41, 5.74) is 2.76. The van der Waals surface area contributed by atoms with Crippen molar-refractivity contribution in [3.63, 3.8) is 0 Å². The zero-order valence-electron chi connectivity index (χ0n) is 15.3. The number of piperidine rings is 1. The molecule has 1 aliphatic rings. The molecule has 0 saturated carbocycles. The Morgan fingerprint density at radius 2 is 2.07 bits per heavy atom. The minimum absolute atomic E-state index is 0.538. The summed E-state index contributed by atoms with van der Waals surface area (Å²) in [6.07, 6.45) is 7.47. The van der Waals surface area contributed by atoms with Crippen molar-refractivity contribution in [1.82, 2.24) is 20.2 Å². The first-order valence-corrected chi connectivity index (χ1v) is 9.51. The van der Waals surface area contributed by atoms with Gasteiger partial charge >= 0.3 is 0 Å². The van der Waals surface area contributed by atoms with E-state index in [1.54, 1.807) is 6.20 Å². The molecule has 1 saturated heterocycles. The second kappa shape index (κ2) is 6.54. The van der Waals surface area contributed by atoms with E-state index in [1.807, 2.05) is 18.3 Å². The third-order valence-electron chi connectivity index (χ3n) is 5.40. The number of nitrogens with zero attached hydrogens (tertiary/aromatic N) is 4. The van der Waals surface area contributed by atoms with Crippen molar-refractivity contribution in [3.8, 4) is 0 Å². The summed E-state index contributed by atoms with van der Waals surface area (Å²) in [5.74, 6) is 1.84. The maximum Gasteiger partial charge on any atom is 0.178 e. The second-order valence-corrected chi connectivity index (χ2v) is 7.21. The largest absolute Gasteiger partial charge is 0.353 e. The summed E-state index contributed by atoms with van der Waals surface area (Å²) in [4.78, 5) is 11.6. The Morgan fingerprint density at radius 3 is 3.00 bits per heavy atom. The van der Waals surface area contributed by atoms with Crippen LogP contribution in [0, 0.1) is 0 Å². The lowest BCUT2D eigenvalue weighted by Gasteiger charge is -2.35. The van der Waals surface area contributed by atoms with E-state index in [-0.39, 0.29) is 0 Å². The maximum atomic E-state index is 4.71. The minimum Gasteiger partial charge on any atom is -0.353 e. The first-order valence-electron chi connectivity index (χ1n) is 9.51. The van der Waals surface area contributed by atoms with Gasteiger partial charge in [0.2, 0.25) is 0 Å². The Morgan fingerprint density at radius 1 is 1.11 bits per heavy atom. The summed E-state index contributed by atoms with van der Waals surface area (Å²) in [6.45, 7) is 3.38. The van der Waals surface area contributed by atoms with E-state index in [9.17, 15) is 0 Å². The Kier molecular flexibility index (Phi) is 3.89. The van der Waals surface area contributed by atoms with E-state index in [2.05, 4.69) is 56.6 Å². The molecule has 0 spiro atoms. The molecule has 27 heavy (non-hydrogen) atoms. The number of anilines is 3. The van der Waals surface area contributed by atoms with E-state index < -0.39 is 0 Å². The predicted octanol–water partition coefficient (Wildman–Crippen LogP) is 4.63. The molecule has 4 aromatic rings. The summed E-state index contributed by atoms with van der Waals surface area (Å²) in [5, 5.41) is 13.1. The van der Waals surface area contributed by atoms with Crippen LogP contribution in [0.25, 0.3) is 21.8 Å². The van der Waals surface area contributed by atoms with Crippen LogP contribution in [0.4, 0.5) is 17.3 Å². The molecule has 136 valence electrons. The molecular weight excluding hydrogens is 336 g/mol. The van der Waals surface area contributed by atoms with E-state index >= 15 is 0 Å². The first kappa shape index (κ1) is 16.1. The topological polar surface area (TPSA) is 69.7 Å². The highest BCUT2D eigenvalue weighted by molar-refractivity contribution is 5.95. The van der Waals surface area contributed by atoms with Gasteiger partial charge in [-0.3, -0.25) is 10.1 Å². The number of H-pyrrole nitrogens is 1. The van der Waals surface area contributed by atoms with Crippen LogP contribution >= 0.6 is 0 Å². The normalized spacial score (nSPS) is 17.5. The zero-order chi connectivity index (χ0) is 18.2. The number of rotatable bonds is 3. The molecule has 0 bridgehead atoms. The smallest absolute Gasteiger partial charge is 0.178 e. The Bertz CT molecular complexity index is 1100.